The zero-order valence-electron chi connectivity index (χ0n) is 11.7. The minimum Gasteiger partial charge on any atom is -0.466 e. The molecule has 3 rings (SSSR count). The molecule has 0 radical (unpaired) electrons. The summed E-state index contributed by atoms with van der Waals surface area (Å²) in [7, 11) is 0. The lowest BCUT2D eigenvalue weighted by Crippen LogP contribution is -2.01. The van der Waals surface area contributed by atoms with Crippen molar-refractivity contribution in [1.29, 1.82) is 0 Å². The van der Waals surface area contributed by atoms with Crippen LogP contribution in [0.15, 0.2) is 34.7 Å². The van der Waals surface area contributed by atoms with Gasteiger partial charge in [-0.2, -0.15) is 0 Å². The summed E-state index contributed by atoms with van der Waals surface area (Å²) in [6.07, 6.45) is 2.18. The van der Waals surface area contributed by atoms with E-state index < -0.39 is 0 Å². The Labute approximate surface area is 134 Å². The quantitative estimate of drug-likeness (QED) is 0.678. The fraction of sp³-hybridized carbons (Fsp3) is 0.353. The Morgan fingerprint density at radius 1 is 1.29 bits per heavy atom. The molecule has 110 valence electrons. The van der Waals surface area contributed by atoms with E-state index in [1.165, 1.54) is 6.42 Å². The van der Waals surface area contributed by atoms with E-state index in [4.69, 9.17) is 27.6 Å². The largest absolute Gasteiger partial charge is 0.466 e. The molecule has 0 spiro atoms. The molecule has 0 amide bonds. The van der Waals surface area contributed by atoms with Crippen LogP contribution in [0.5, 0.6) is 0 Å². The Hall–Kier alpha value is -1.25. The second-order valence-electron chi connectivity index (χ2n) is 5.67. The summed E-state index contributed by atoms with van der Waals surface area (Å²) < 4.78 is 5.81. The van der Waals surface area contributed by atoms with Crippen molar-refractivity contribution in [3.63, 3.8) is 0 Å². The lowest BCUT2D eigenvalue weighted by atomic mass is 10.1. The third-order valence-corrected chi connectivity index (χ3v) is 4.54. The molecule has 1 fully saturated rings. The zero-order valence-corrected chi connectivity index (χ0v) is 13.2. The number of hydrogen-bond donors (Lipinski definition) is 0. The van der Waals surface area contributed by atoms with Crippen LogP contribution in [-0.2, 0) is 6.42 Å². The molecule has 0 saturated heterocycles. The van der Waals surface area contributed by atoms with Crippen molar-refractivity contribution in [2.45, 2.75) is 32.1 Å². The fourth-order valence-corrected chi connectivity index (χ4v) is 3.05. The van der Waals surface area contributed by atoms with E-state index in [-0.39, 0.29) is 5.78 Å². The predicted octanol–water partition coefficient (Wildman–Crippen LogP) is 5.53. The van der Waals surface area contributed by atoms with Crippen LogP contribution in [0.3, 0.4) is 0 Å². The van der Waals surface area contributed by atoms with Crippen molar-refractivity contribution < 1.29 is 9.21 Å². The molecule has 1 saturated carbocycles. The Morgan fingerprint density at radius 3 is 2.71 bits per heavy atom. The molecule has 1 aromatic carbocycles. The standard InChI is InChI=1S/C17H16Cl2O2/c1-10-8-14(10)17-7-4-12(21-17)3-6-16(20)13-5-2-11(18)9-15(13)19/h2,4-5,7,9-10,14H,3,6,8H2,1H3. The first-order valence-electron chi connectivity index (χ1n) is 7.11. The van der Waals surface area contributed by atoms with E-state index >= 15 is 0 Å². The maximum absolute atomic E-state index is 12.2. The van der Waals surface area contributed by atoms with E-state index in [1.807, 2.05) is 12.1 Å². The van der Waals surface area contributed by atoms with Gasteiger partial charge in [0.15, 0.2) is 5.78 Å². The van der Waals surface area contributed by atoms with Crippen molar-refractivity contribution in [3.05, 3.63) is 57.5 Å². The lowest BCUT2D eigenvalue weighted by Gasteiger charge is -2.03. The molecule has 2 atom stereocenters. The van der Waals surface area contributed by atoms with Crippen LogP contribution < -0.4 is 0 Å². The van der Waals surface area contributed by atoms with Gasteiger partial charge in [-0.1, -0.05) is 30.1 Å². The molecule has 2 nitrogen and oxygen atoms in total. The highest BCUT2D eigenvalue weighted by molar-refractivity contribution is 6.36. The van der Waals surface area contributed by atoms with Crippen molar-refractivity contribution in [1.82, 2.24) is 0 Å². The van der Waals surface area contributed by atoms with Gasteiger partial charge in [-0.25, -0.2) is 0 Å². The summed E-state index contributed by atoms with van der Waals surface area (Å²) in [5, 5.41) is 0.935. The van der Waals surface area contributed by atoms with Crippen molar-refractivity contribution in [3.8, 4) is 0 Å². The number of benzene rings is 1. The summed E-state index contributed by atoms with van der Waals surface area (Å²) in [5.74, 6) is 3.21. The number of rotatable bonds is 5. The van der Waals surface area contributed by atoms with Gasteiger partial charge in [-0.15, -0.1) is 0 Å². The highest BCUT2D eigenvalue weighted by Gasteiger charge is 2.36. The molecule has 0 aliphatic heterocycles. The summed E-state index contributed by atoms with van der Waals surface area (Å²) in [5.41, 5.74) is 0.517. The molecule has 4 heteroatoms. The van der Waals surface area contributed by atoms with Gasteiger partial charge in [0.2, 0.25) is 0 Å². The number of hydrogen-bond acceptors (Lipinski definition) is 2. The molecular formula is C17H16Cl2O2. The Balaban J connectivity index is 1.61. The number of furan rings is 1. The van der Waals surface area contributed by atoms with Crippen LogP contribution >= 0.6 is 23.2 Å². The molecule has 1 heterocycles. The van der Waals surface area contributed by atoms with Gasteiger partial charge in [0.25, 0.3) is 0 Å². The molecule has 2 aromatic rings. The average molecular weight is 323 g/mol. The highest BCUT2D eigenvalue weighted by Crippen LogP contribution is 2.47. The number of aryl methyl sites for hydroxylation is 1. The maximum Gasteiger partial charge on any atom is 0.164 e. The van der Waals surface area contributed by atoms with Gasteiger partial charge >= 0.3 is 0 Å². The number of ketones is 1. The first-order chi connectivity index (χ1) is 10.0. The minimum absolute atomic E-state index is 0.00871. The SMILES string of the molecule is CC1CC1c1ccc(CCC(=O)c2ccc(Cl)cc2Cl)o1. The number of carbonyl (C=O) groups is 1. The van der Waals surface area contributed by atoms with Crippen LogP contribution in [0.1, 0.15) is 47.6 Å². The second kappa shape index (κ2) is 5.86. The summed E-state index contributed by atoms with van der Waals surface area (Å²) in [6, 6.07) is 8.95. The van der Waals surface area contributed by atoms with E-state index in [0.717, 1.165) is 17.4 Å². The summed E-state index contributed by atoms with van der Waals surface area (Å²) >= 11 is 11.9. The zero-order chi connectivity index (χ0) is 15.0. The first kappa shape index (κ1) is 14.7. The first-order valence-corrected chi connectivity index (χ1v) is 7.87. The normalized spacial score (nSPS) is 20.5. The molecule has 2 unspecified atom stereocenters. The topological polar surface area (TPSA) is 30.2 Å². The van der Waals surface area contributed by atoms with Gasteiger partial charge in [0.05, 0.1) is 5.02 Å². The monoisotopic (exact) mass is 322 g/mol. The smallest absolute Gasteiger partial charge is 0.164 e. The average Bonchev–Trinajstić information content (AvgIpc) is 2.99. The Bertz CT molecular complexity index is 675. The van der Waals surface area contributed by atoms with Crippen LogP contribution in [0, 0.1) is 5.92 Å². The predicted molar refractivity (Wildman–Crippen MR) is 84.3 cm³/mol. The molecule has 1 aliphatic carbocycles. The molecule has 1 aliphatic rings. The maximum atomic E-state index is 12.2. The summed E-state index contributed by atoms with van der Waals surface area (Å²) in [6.45, 7) is 2.22. The Kier molecular flexibility index (Phi) is 4.10. The Morgan fingerprint density at radius 2 is 2.05 bits per heavy atom. The van der Waals surface area contributed by atoms with Crippen LogP contribution in [0.25, 0.3) is 0 Å². The molecule has 0 bridgehead atoms. The third-order valence-electron chi connectivity index (χ3n) is 3.99. The number of Topliss-reactive ketones (excluding diaryl/α,β-unsaturated/α-hetero) is 1. The van der Waals surface area contributed by atoms with E-state index in [9.17, 15) is 4.79 Å². The van der Waals surface area contributed by atoms with Gasteiger partial charge in [-0.3, -0.25) is 4.79 Å². The van der Waals surface area contributed by atoms with Crippen LogP contribution in [0.4, 0.5) is 0 Å². The number of carbonyl (C=O) groups excluding carboxylic acids is 1. The van der Waals surface area contributed by atoms with E-state index in [2.05, 4.69) is 6.92 Å². The van der Waals surface area contributed by atoms with Gasteiger partial charge in [0.1, 0.15) is 11.5 Å². The summed E-state index contributed by atoms with van der Waals surface area (Å²) in [4.78, 5) is 12.2. The van der Waals surface area contributed by atoms with Crippen molar-refractivity contribution in [2.75, 3.05) is 0 Å². The lowest BCUT2D eigenvalue weighted by molar-refractivity contribution is 0.0981. The minimum atomic E-state index is 0.00871. The van der Waals surface area contributed by atoms with Gasteiger partial charge < -0.3 is 4.42 Å². The van der Waals surface area contributed by atoms with Crippen LogP contribution in [0.2, 0.25) is 10.0 Å². The van der Waals surface area contributed by atoms with Crippen LogP contribution in [-0.4, -0.2) is 5.78 Å². The van der Waals surface area contributed by atoms with E-state index in [1.54, 1.807) is 18.2 Å². The van der Waals surface area contributed by atoms with Gasteiger partial charge in [-0.05, 0) is 42.7 Å². The van der Waals surface area contributed by atoms with Crippen molar-refractivity contribution in [2.24, 2.45) is 5.92 Å². The van der Waals surface area contributed by atoms with E-state index in [0.29, 0.717) is 34.4 Å². The molecule has 0 N–H and O–H groups in total. The van der Waals surface area contributed by atoms with Gasteiger partial charge in [0, 0.05) is 29.3 Å². The third kappa shape index (κ3) is 3.33. The second-order valence-corrected chi connectivity index (χ2v) is 6.51. The molecule has 1 aromatic heterocycles. The highest BCUT2D eigenvalue weighted by atomic mass is 35.5. The fourth-order valence-electron chi connectivity index (χ4n) is 2.53. The van der Waals surface area contributed by atoms with Crippen molar-refractivity contribution >= 4 is 29.0 Å². The molecule has 21 heavy (non-hydrogen) atoms. The molecular weight excluding hydrogens is 307 g/mol. The number of halogens is 2.